The average molecular weight is 381 g/mol. The molecule has 1 unspecified atom stereocenters. The van der Waals surface area contributed by atoms with E-state index in [2.05, 4.69) is 21.2 Å². The highest BCUT2D eigenvalue weighted by atomic mass is 79.9. The molecule has 1 aromatic carbocycles. The van der Waals surface area contributed by atoms with Gasteiger partial charge in [0.1, 0.15) is 16.5 Å². The van der Waals surface area contributed by atoms with Crippen molar-refractivity contribution in [2.24, 2.45) is 5.14 Å². The van der Waals surface area contributed by atoms with Crippen LogP contribution in [0.4, 0.5) is 4.39 Å². The summed E-state index contributed by atoms with van der Waals surface area (Å²) in [4.78, 5) is 11.1. The summed E-state index contributed by atoms with van der Waals surface area (Å²) in [6.07, 6.45) is 1.06. The van der Waals surface area contributed by atoms with Crippen molar-refractivity contribution in [3.05, 3.63) is 22.4 Å². The summed E-state index contributed by atoms with van der Waals surface area (Å²) in [6.45, 7) is 1.52. The third-order valence-corrected chi connectivity index (χ3v) is 4.44. The van der Waals surface area contributed by atoms with E-state index in [1.165, 1.54) is 6.92 Å². The number of hydrogen-bond acceptors (Lipinski definition) is 4. The summed E-state index contributed by atoms with van der Waals surface area (Å²) in [5.74, 6) is -1.32. The molecule has 1 aliphatic rings. The maximum Gasteiger partial charge on any atom is 0.260 e. The van der Waals surface area contributed by atoms with Gasteiger partial charge in [-0.15, -0.1) is 0 Å². The zero-order valence-electron chi connectivity index (χ0n) is 11.1. The molecule has 0 aliphatic heterocycles. The molecule has 1 aromatic rings. The highest BCUT2D eigenvalue weighted by Gasteiger charge is 2.27. The largest absolute Gasteiger partial charge is 0.480 e. The highest BCUT2D eigenvalue weighted by Crippen LogP contribution is 2.30. The number of ether oxygens (including phenoxy) is 1. The van der Waals surface area contributed by atoms with Crippen LogP contribution in [0.1, 0.15) is 19.8 Å². The number of nitrogens with two attached hydrogens (primary N) is 1. The number of amides is 1. The normalized spacial score (nSPS) is 16.4. The van der Waals surface area contributed by atoms with Crippen molar-refractivity contribution in [2.45, 2.75) is 36.8 Å². The van der Waals surface area contributed by atoms with Crippen LogP contribution in [-0.2, 0) is 14.8 Å². The van der Waals surface area contributed by atoms with Crippen molar-refractivity contribution in [3.63, 3.8) is 0 Å². The quantitative estimate of drug-likeness (QED) is 0.803. The fourth-order valence-electron chi connectivity index (χ4n) is 1.61. The number of benzene rings is 1. The molecule has 0 aromatic heterocycles. The van der Waals surface area contributed by atoms with Gasteiger partial charge in [0, 0.05) is 12.1 Å². The summed E-state index contributed by atoms with van der Waals surface area (Å²) < 4.78 is 41.7. The van der Waals surface area contributed by atoms with Crippen LogP contribution in [0.25, 0.3) is 0 Å². The van der Waals surface area contributed by atoms with Crippen molar-refractivity contribution in [2.75, 3.05) is 0 Å². The van der Waals surface area contributed by atoms with Gasteiger partial charge in [0.15, 0.2) is 6.10 Å². The van der Waals surface area contributed by atoms with Crippen LogP contribution in [0.5, 0.6) is 5.75 Å². The van der Waals surface area contributed by atoms with Crippen molar-refractivity contribution in [1.29, 1.82) is 0 Å². The number of sulfonamides is 1. The Kier molecular flexibility index (Phi) is 4.54. The Bertz CT molecular complexity index is 676. The number of primary sulfonamides is 1. The fourth-order valence-corrected chi connectivity index (χ4v) is 2.81. The lowest BCUT2D eigenvalue weighted by atomic mass is 10.3. The monoisotopic (exact) mass is 380 g/mol. The number of nitrogens with one attached hydrogen (secondary N) is 1. The van der Waals surface area contributed by atoms with E-state index in [0.717, 1.165) is 25.0 Å². The fraction of sp³-hybridized carbons (Fsp3) is 0.417. The Hall–Kier alpha value is -1.19. The first-order valence-electron chi connectivity index (χ1n) is 6.17. The maximum atomic E-state index is 13.7. The van der Waals surface area contributed by atoms with E-state index in [0.29, 0.717) is 0 Å². The molecule has 2 rings (SSSR count). The Balaban J connectivity index is 2.16. The van der Waals surface area contributed by atoms with Gasteiger partial charge in [0.05, 0.1) is 4.47 Å². The minimum atomic E-state index is -4.17. The van der Waals surface area contributed by atoms with E-state index in [1.807, 2.05) is 0 Å². The Labute approximate surface area is 130 Å². The molecule has 0 saturated heterocycles. The summed E-state index contributed by atoms with van der Waals surface area (Å²) in [5, 5.41) is 7.65. The second-order valence-electron chi connectivity index (χ2n) is 4.80. The standard InChI is InChI=1S/C12H14BrFN2O4S/c1-6(12(17)16-7-2-3-7)20-10-5-9(14)11(4-8(10)13)21(15,18)19/h4-7H,2-3H2,1H3,(H,16,17)(H2,15,18,19). The van der Waals surface area contributed by atoms with Gasteiger partial charge in [-0.25, -0.2) is 17.9 Å². The van der Waals surface area contributed by atoms with Crippen LogP contribution in [0, 0.1) is 5.82 Å². The first kappa shape index (κ1) is 16.2. The van der Waals surface area contributed by atoms with Crippen molar-refractivity contribution in [3.8, 4) is 5.75 Å². The van der Waals surface area contributed by atoms with Gasteiger partial charge in [-0.1, -0.05) is 0 Å². The van der Waals surface area contributed by atoms with Crippen LogP contribution in [-0.4, -0.2) is 26.5 Å². The van der Waals surface area contributed by atoms with E-state index >= 15 is 0 Å². The van der Waals surface area contributed by atoms with Gasteiger partial charge in [0.2, 0.25) is 10.0 Å². The molecule has 0 bridgehead atoms. The highest BCUT2D eigenvalue weighted by molar-refractivity contribution is 9.10. The third-order valence-electron chi connectivity index (χ3n) is 2.89. The Morgan fingerprint density at radius 2 is 2.14 bits per heavy atom. The average Bonchev–Trinajstić information content (AvgIpc) is 3.15. The van der Waals surface area contributed by atoms with E-state index in [4.69, 9.17) is 9.88 Å². The second-order valence-corrected chi connectivity index (χ2v) is 7.19. The number of carbonyl (C=O) groups is 1. The molecule has 21 heavy (non-hydrogen) atoms. The van der Waals surface area contributed by atoms with Crippen LogP contribution >= 0.6 is 15.9 Å². The molecule has 1 fully saturated rings. The van der Waals surface area contributed by atoms with Crippen LogP contribution in [0.2, 0.25) is 0 Å². The molecule has 1 atom stereocenters. The van der Waals surface area contributed by atoms with Gasteiger partial charge < -0.3 is 10.1 Å². The first-order chi connectivity index (χ1) is 9.68. The Morgan fingerprint density at radius 3 is 2.67 bits per heavy atom. The smallest absolute Gasteiger partial charge is 0.260 e. The number of rotatable bonds is 5. The van der Waals surface area contributed by atoms with Crippen molar-refractivity contribution < 1.29 is 22.3 Å². The lowest BCUT2D eigenvalue weighted by molar-refractivity contribution is -0.127. The Morgan fingerprint density at radius 1 is 1.52 bits per heavy atom. The first-order valence-corrected chi connectivity index (χ1v) is 8.51. The molecule has 1 amide bonds. The summed E-state index contributed by atoms with van der Waals surface area (Å²) in [6, 6.07) is 2.07. The minimum absolute atomic E-state index is 0.0262. The molecular formula is C12H14BrFN2O4S. The van der Waals surface area contributed by atoms with E-state index < -0.39 is 26.8 Å². The molecular weight excluding hydrogens is 367 g/mol. The van der Waals surface area contributed by atoms with Crippen LogP contribution < -0.4 is 15.2 Å². The summed E-state index contributed by atoms with van der Waals surface area (Å²) in [7, 11) is -4.17. The number of carbonyl (C=O) groups excluding carboxylic acids is 1. The van der Waals surface area contributed by atoms with E-state index in [-0.39, 0.29) is 22.2 Å². The molecule has 3 N–H and O–H groups in total. The van der Waals surface area contributed by atoms with Crippen LogP contribution in [0.3, 0.4) is 0 Å². The molecule has 1 saturated carbocycles. The molecule has 9 heteroatoms. The topological polar surface area (TPSA) is 98.5 Å². The zero-order valence-corrected chi connectivity index (χ0v) is 13.5. The third kappa shape index (κ3) is 4.14. The van der Waals surface area contributed by atoms with E-state index in [9.17, 15) is 17.6 Å². The molecule has 1 aliphatic carbocycles. The summed E-state index contributed by atoms with van der Waals surface area (Å²) >= 11 is 3.07. The van der Waals surface area contributed by atoms with Crippen molar-refractivity contribution >= 4 is 31.9 Å². The lowest BCUT2D eigenvalue weighted by Crippen LogP contribution is -2.37. The van der Waals surface area contributed by atoms with Gasteiger partial charge in [-0.05, 0) is 41.8 Å². The predicted molar refractivity (Wildman–Crippen MR) is 76.7 cm³/mol. The second kappa shape index (κ2) is 5.90. The maximum absolute atomic E-state index is 13.7. The lowest BCUT2D eigenvalue weighted by Gasteiger charge is -2.16. The van der Waals surface area contributed by atoms with Gasteiger partial charge >= 0.3 is 0 Å². The molecule has 0 radical (unpaired) electrons. The molecule has 116 valence electrons. The van der Waals surface area contributed by atoms with E-state index in [1.54, 1.807) is 0 Å². The number of hydrogen-bond donors (Lipinski definition) is 2. The number of halogens is 2. The SMILES string of the molecule is CC(Oc1cc(F)c(S(N)(=O)=O)cc1Br)C(=O)NC1CC1. The molecule has 0 heterocycles. The van der Waals surface area contributed by atoms with Gasteiger partial charge in [-0.2, -0.15) is 0 Å². The van der Waals surface area contributed by atoms with Crippen LogP contribution in [0.15, 0.2) is 21.5 Å². The van der Waals surface area contributed by atoms with Crippen molar-refractivity contribution in [1.82, 2.24) is 5.32 Å². The predicted octanol–water partition coefficient (Wildman–Crippen LogP) is 1.28. The molecule has 0 spiro atoms. The zero-order chi connectivity index (χ0) is 15.8. The summed E-state index contributed by atoms with van der Waals surface area (Å²) in [5.41, 5.74) is 0. The van der Waals surface area contributed by atoms with Gasteiger partial charge in [0.25, 0.3) is 5.91 Å². The van der Waals surface area contributed by atoms with Gasteiger partial charge in [-0.3, -0.25) is 4.79 Å². The minimum Gasteiger partial charge on any atom is -0.480 e. The molecule has 6 nitrogen and oxygen atoms in total.